The largest absolute Gasteiger partial charge is 0.358 e. The summed E-state index contributed by atoms with van der Waals surface area (Å²) in [6.07, 6.45) is 4.75. The van der Waals surface area contributed by atoms with Gasteiger partial charge in [0.1, 0.15) is 5.82 Å². The van der Waals surface area contributed by atoms with E-state index in [1.807, 2.05) is 12.2 Å². The molecule has 0 amide bonds. The third-order valence-corrected chi connectivity index (χ3v) is 3.28. The van der Waals surface area contributed by atoms with Gasteiger partial charge in [-0.15, -0.1) is 0 Å². The summed E-state index contributed by atoms with van der Waals surface area (Å²) in [6, 6.07) is 3.76. The first-order valence-corrected chi connectivity index (χ1v) is 5.67. The quantitative estimate of drug-likeness (QED) is 0.740. The summed E-state index contributed by atoms with van der Waals surface area (Å²) in [5, 5.41) is 1.17. The molecule has 0 saturated carbocycles. The zero-order valence-electron chi connectivity index (χ0n) is 9.47. The molecule has 2 aromatic rings. The minimum absolute atomic E-state index is 0.117. The number of hydrogen-bond donors (Lipinski definition) is 1. The Morgan fingerprint density at radius 1 is 1.31 bits per heavy atom. The van der Waals surface area contributed by atoms with Crippen LogP contribution in [0.15, 0.2) is 18.2 Å². The number of benzene rings is 1. The molecule has 0 bridgehead atoms. The van der Waals surface area contributed by atoms with Gasteiger partial charge in [0.25, 0.3) is 0 Å². The first-order valence-electron chi connectivity index (χ1n) is 5.67. The molecule has 1 aromatic carbocycles. The highest BCUT2D eigenvalue weighted by Crippen LogP contribution is 2.32. The van der Waals surface area contributed by atoms with E-state index < -0.39 is 0 Å². The molecular weight excluding hydrogens is 201 g/mol. The van der Waals surface area contributed by atoms with Crippen LogP contribution in [0.2, 0.25) is 0 Å². The Kier molecular flexibility index (Phi) is 1.93. The van der Waals surface area contributed by atoms with Crippen molar-refractivity contribution >= 4 is 17.0 Å². The van der Waals surface area contributed by atoms with Gasteiger partial charge in [-0.3, -0.25) is 0 Å². The minimum atomic E-state index is -0.117. The van der Waals surface area contributed by atoms with Crippen molar-refractivity contribution in [2.45, 2.75) is 26.2 Å². The Bertz CT molecular complexity index is 590. The van der Waals surface area contributed by atoms with Gasteiger partial charge in [0.2, 0.25) is 0 Å². The van der Waals surface area contributed by atoms with Crippen molar-refractivity contribution < 1.29 is 4.39 Å². The molecule has 0 fully saturated rings. The highest BCUT2D eigenvalue weighted by molar-refractivity contribution is 5.89. The van der Waals surface area contributed by atoms with E-state index in [1.165, 1.54) is 11.1 Å². The van der Waals surface area contributed by atoms with Crippen LogP contribution in [-0.4, -0.2) is 4.98 Å². The van der Waals surface area contributed by atoms with Crippen molar-refractivity contribution in [3.63, 3.8) is 0 Å². The van der Waals surface area contributed by atoms with E-state index in [2.05, 4.69) is 24.9 Å². The molecule has 0 spiro atoms. The van der Waals surface area contributed by atoms with Crippen LogP contribution in [0.4, 0.5) is 4.39 Å². The highest BCUT2D eigenvalue weighted by Gasteiger charge is 2.16. The number of allylic oxidation sites excluding steroid dienone is 1. The number of halogens is 1. The second-order valence-electron chi connectivity index (χ2n) is 4.70. The maximum atomic E-state index is 13.8. The number of aromatic amines is 1. The fourth-order valence-electron chi connectivity index (χ4n) is 2.36. The summed E-state index contributed by atoms with van der Waals surface area (Å²) in [7, 11) is 0. The summed E-state index contributed by atoms with van der Waals surface area (Å²) in [5.74, 6) is 0.328. The monoisotopic (exact) mass is 215 g/mol. The highest BCUT2D eigenvalue weighted by atomic mass is 19.1. The summed E-state index contributed by atoms with van der Waals surface area (Å²) in [4.78, 5) is 3.30. The second kappa shape index (κ2) is 3.21. The van der Waals surface area contributed by atoms with Crippen LogP contribution >= 0.6 is 0 Å². The van der Waals surface area contributed by atoms with Crippen molar-refractivity contribution in [1.82, 2.24) is 4.98 Å². The zero-order chi connectivity index (χ0) is 11.3. The first-order chi connectivity index (χ1) is 7.66. The Hall–Kier alpha value is -1.57. The maximum absolute atomic E-state index is 13.8. The molecule has 2 heteroatoms. The summed E-state index contributed by atoms with van der Waals surface area (Å²) in [6.45, 7) is 4.28. The van der Waals surface area contributed by atoms with Gasteiger partial charge in [-0.1, -0.05) is 26.0 Å². The SMILES string of the molecule is CC(C)c1cc2c3c(c(F)cc2[nH]1)C=CC3. The molecular formula is C14H14FN. The molecule has 82 valence electrons. The van der Waals surface area contributed by atoms with E-state index in [0.717, 1.165) is 23.1 Å². The molecule has 1 nitrogen and oxygen atoms in total. The lowest BCUT2D eigenvalue weighted by atomic mass is 10.0. The predicted molar refractivity (Wildman–Crippen MR) is 65.1 cm³/mol. The third kappa shape index (κ3) is 1.22. The van der Waals surface area contributed by atoms with Crippen LogP contribution in [0.5, 0.6) is 0 Å². The van der Waals surface area contributed by atoms with Crippen molar-refractivity contribution in [2.24, 2.45) is 0 Å². The topological polar surface area (TPSA) is 15.8 Å². The van der Waals surface area contributed by atoms with Gasteiger partial charge in [-0.25, -0.2) is 4.39 Å². The molecule has 1 aliphatic rings. The molecule has 1 aliphatic carbocycles. The average Bonchev–Trinajstić information content (AvgIpc) is 2.80. The van der Waals surface area contributed by atoms with Crippen molar-refractivity contribution in [3.8, 4) is 0 Å². The minimum Gasteiger partial charge on any atom is -0.358 e. The fourth-order valence-corrected chi connectivity index (χ4v) is 2.36. The Morgan fingerprint density at radius 3 is 2.88 bits per heavy atom. The lowest BCUT2D eigenvalue weighted by molar-refractivity contribution is 0.626. The number of nitrogens with one attached hydrogen (secondary N) is 1. The zero-order valence-corrected chi connectivity index (χ0v) is 9.47. The predicted octanol–water partition coefficient (Wildman–Crippen LogP) is 4.00. The third-order valence-electron chi connectivity index (χ3n) is 3.28. The van der Waals surface area contributed by atoms with Crippen LogP contribution < -0.4 is 0 Å². The van der Waals surface area contributed by atoms with Gasteiger partial charge < -0.3 is 4.98 Å². The molecule has 1 N–H and O–H groups in total. The molecule has 0 radical (unpaired) electrons. The van der Waals surface area contributed by atoms with E-state index >= 15 is 0 Å². The first kappa shape index (κ1) is 9.64. The smallest absolute Gasteiger partial charge is 0.132 e. The van der Waals surface area contributed by atoms with Crippen molar-refractivity contribution in [3.05, 3.63) is 40.8 Å². The van der Waals surface area contributed by atoms with Crippen LogP contribution in [0.3, 0.4) is 0 Å². The van der Waals surface area contributed by atoms with E-state index in [9.17, 15) is 4.39 Å². The fraction of sp³-hybridized carbons (Fsp3) is 0.286. The number of H-pyrrole nitrogens is 1. The maximum Gasteiger partial charge on any atom is 0.132 e. The summed E-state index contributed by atoms with van der Waals surface area (Å²) in [5.41, 5.74) is 3.98. The van der Waals surface area contributed by atoms with Gasteiger partial charge in [0.15, 0.2) is 0 Å². The molecule has 1 aromatic heterocycles. The average molecular weight is 215 g/mol. The van der Waals surface area contributed by atoms with Gasteiger partial charge in [0.05, 0.1) is 0 Å². The molecule has 0 atom stereocenters. The van der Waals surface area contributed by atoms with E-state index in [1.54, 1.807) is 6.07 Å². The Morgan fingerprint density at radius 2 is 2.12 bits per heavy atom. The van der Waals surface area contributed by atoms with Crippen molar-refractivity contribution in [1.29, 1.82) is 0 Å². The lowest BCUT2D eigenvalue weighted by Crippen LogP contribution is -1.88. The second-order valence-corrected chi connectivity index (χ2v) is 4.70. The van der Waals surface area contributed by atoms with Crippen molar-refractivity contribution in [2.75, 3.05) is 0 Å². The number of rotatable bonds is 1. The Balaban J connectivity index is 2.33. The molecule has 1 heterocycles. The number of fused-ring (bicyclic) bond motifs is 3. The summed E-state index contributed by atoms with van der Waals surface area (Å²) >= 11 is 0. The molecule has 16 heavy (non-hydrogen) atoms. The van der Waals surface area contributed by atoms with E-state index in [4.69, 9.17) is 0 Å². The number of aromatic nitrogens is 1. The van der Waals surface area contributed by atoms with Crippen LogP contribution in [0.1, 0.15) is 36.6 Å². The lowest BCUT2D eigenvalue weighted by Gasteiger charge is -2.01. The molecule has 0 unspecified atom stereocenters. The van der Waals surface area contributed by atoms with Gasteiger partial charge in [-0.2, -0.15) is 0 Å². The molecule has 0 aliphatic heterocycles. The van der Waals surface area contributed by atoms with Crippen LogP contribution in [0, 0.1) is 5.82 Å². The standard InChI is InChI=1S/C14H14FN/c1-8(2)13-6-11-9-4-3-5-10(9)12(15)7-14(11)16-13/h3,5-8,16H,4H2,1-2H3. The Labute approximate surface area is 94.0 Å². The van der Waals surface area contributed by atoms with Gasteiger partial charge in [-0.05, 0) is 30.0 Å². The number of hydrogen-bond acceptors (Lipinski definition) is 0. The summed E-state index contributed by atoms with van der Waals surface area (Å²) < 4.78 is 13.8. The van der Waals surface area contributed by atoms with Gasteiger partial charge in [0, 0.05) is 22.2 Å². The van der Waals surface area contributed by atoms with E-state index in [0.29, 0.717) is 5.92 Å². The normalized spacial score (nSPS) is 14.0. The molecule has 3 rings (SSSR count). The van der Waals surface area contributed by atoms with Gasteiger partial charge >= 0.3 is 0 Å². The van der Waals surface area contributed by atoms with Crippen LogP contribution in [0.25, 0.3) is 17.0 Å². The van der Waals surface area contributed by atoms with E-state index in [-0.39, 0.29) is 5.82 Å². The molecule has 0 saturated heterocycles. The van der Waals surface area contributed by atoms with Crippen LogP contribution in [-0.2, 0) is 6.42 Å².